The largest absolute Gasteiger partial charge is 0.478 e. The molecule has 2 rings (SSSR count). The van der Waals surface area contributed by atoms with Crippen molar-refractivity contribution in [2.75, 3.05) is 31.4 Å². The van der Waals surface area contributed by atoms with Crippen LogP contribution in [0, 0.1) is 0 Å². The number of urea groups is 1. The molecule has 0 aliphatic rings. The molecule has 3 N–H and O–H groups in total. The second kappa shape index (κ2) is 10.3. The van der Waals surface area contributed by atoms with Gasteiger partial charge in [-0.2, -0.15) is 0 Å². The number of carbonyl (C=O) groups is 3. The summed E-state index contributed by atoms with van der Waals surface area (Å²) in [4.78, 5) is 37.4. The van der Waals surface area contributed by atoms with Crippen molar-refractivity contribution in [3.8, 4) is 0 Å². The van der Waals surface area contributed by atoms with E-state index in [1.807, 2.05) is 38.1 Å². The zero-order valence-electron chi connectivity index (χ0n) is 17.6. The van der Waals surface area contributed by atoms with Crippen LogP contribution in [-0.2, 0) is 11.2 Å². The molecule has 0 fully saturated rings. The zero-order chi connectivity index (χ0) is 22.3. The van der Waals surface area contributed by atoms with Crippen LogP contribution in [-0.4, -0.2) is 50.3 Å². The minimum atomic E-state index is -1.12. The average Bonchev–Trinajstić information content (AvgIpc) is 2.72. The minimum absolute atomic E-state index is 0.0159. The van der Waals surface area contributed by atoms with Crippen LogP contribution in [0.2, 0.25) is 0 Å². The van der Waals surface area contributed by atoms with Crippen molar-refractivity contribution >= 4 is 29.3 Å². The first-order chi connectivity index (χ1) is 14.2. The van der Waals surface area contributed by atoms with Crippen molar-refractivity contribution in [3.63, 3.8) is 0 Å². The van der Waals surface area contributed by atoms with Crippen LogP contribution in [0.15, 0.2) is 42.5 Å². The fourth-order valence-electron chi connectivity index (χ4n) is 2.92. The highest BCUT2D eigenvalue weighted by molar-refractivity contribution is 6.01. The lowest BCUT2D eigenvalue weighted by atomic mass is 10.0. The van der Waals surface area contributed by atoms with Crippen LogP contribution in [0.1, 0.15) is 39.6 Å². The van der Waals surface area contributed by atoms with Gasteiger partial charge in [0.15, 0.2) is 0 Å². The second-order valence-electron chi connectivity index (χ2n) is 7.03. The van der Waals surface area contributed by atoms with Crippen molar-refractivity contribution in [2.45, 2.75) is 25.8 Å². The summed E-state index contributed by atoms with van der Waals surface area (Å²) in [6.45, 7) is 1.95. The molecule has 2 aromatic carbocycles. The summed E-state index contributed by atoms with van der Waals surface area (Å²) in [7, 11) is 4.99. The van der Waals surface area contributed by atoms with Crippen LogP contribution in [0.3, 0.4) is 0 Å². The minimum Gasteiger partial charge on any atom is -0.478 e. The summed E-state index contributed by atoms with van der Waals surface area (Å²) in [5, 5.41) is 14.9. The molecule has 0 saturated carbocycles. The molecule has 0 heterocycles. The monoisotopic (exact) mass is 413 g/mol. The third kappa shape index (κ3) is 5.97. The second-order valence-corrected chi connectivity index (χ2v) is 7.03. The lowest BCUT2D eigenvalue weighted by Crippen LogP contribution is -2.39. The van der Waals surface area contributed by atoms with E-state index in [1.165, 1.54) is 13.2 Å². The molecule has 30 heavy (non-hydrogen) atoms. The van der Waals surface area contributed by atoms with Crippen LogP contribution in [0.4, 0.5) is 16.2 Å². The van der Waals surface area contributed by atoms with Crippen molar-refractivity contribution in [2.24, 2.45) is 0 Å². The van der Waals surface area contributed by atoms with Gasteiger partial charge in [0, 0.05) is 25.8 Å². The number of amides is 2. The van der Waals surface area contributed by atoms with Gasteiger partial charge < -0.3 is 25.4 Å². The summed E-state index contributed by atoms with van der Waals surface area (Å²) in [6, 6.07) is 11.1. The van der Waals surface area contributed by atoms with Crippen molar-refractivity contribution in [3.05, 3.63) is 59.2 Å². The van der Waals surface area contributed by atoms with E-state index in [0.29, 0.717) is 18.4 Å². The molecule has 8 nitrogen and oxygen atoms in total. The van der Waals surface area contributed by atoms with Gasteiger partial charge in [-0.3, -0.25) is 0 Å². The predicted octanol–water partition coefficient (Wildman–Crippen LogP) is 3.38. The number of methoxy groups -OCH3 is 1. The molecule has 2 aromatic rings. The van der Waals surface area contributed by atoms with Gasteiger partial charge in [-0.05, 0) is 48.7 Å². The van der Waals surface area contributed by atoms with E-state index in [4.69, 9.17) is 0 Å². The van der Waals surface area contributed by atoms with Gasteiger partial charge in [0.25, 0.3) is 0 Å². The Kier molecular flexibility index (Phi) is 7.80. The Morgan fingerprint density at radius 3 is 2.30 bits per heavy atom. The van der Waals surface area contributed by atoms with Gasteiger partial charge in [0.2, 0.25) is 0 Å². The van der Waals surface area contributed by atoms with Gasteiger partial charge in [-0.1, -0.05) is 19.1 Å². The van der Waals surface area contributed by atoms with E-state index >= 15 is 0 Å². The molecule has 0 aliphatic heterocycles. The highest BCUT2D eigenvalue weighted by Gasteiger charge is 2.16. The van der Waals surface area contributed by atoms with Gasteiger partial charge in [0.05, 0.1) is 23.9 Å². The highest BCUT2D eigenvalue weighted by atomic mass is 16.5. The van der Waals surface area contributed by atoms with E-state index < -0.39 is 18.0 Å². The number of esters is 1. The van der Waals surface area contributed by atoms with Crippen LogP contribution >= 0.6 is 0 Å². The summed E-state index contributed by atoms with van der Waals surface area (Å²) in [6.07, 6.45) is 1.24. The number of ether oxygens (including phenoxy) is 1. The first-order valence-corrected chi connectivity index (χ1v) is 9.54. The zero-order valence-corrected chi connectivity index (χ0v) is 17.6. The lowest BCUT2D eigenvalue weighted by Gasteiger charge is -2.19. The van der Waals surface area contributed by atoms with E-state index in [9.17, 15) is 19.5 Å². The number of anilines is 2. The topological polar surface area (TPSA) is 108 Å². The first kappa shape index (κ1) is 22.7. The number of rotatable bonds is 8. The molecule has 2 amide bonds. The number of nitrogens with one attached hydrogen (secondary N) is 2. The Labute approximate surface area is 175 Å². The van der Waals surface area contributed by atoms with E-state index in [-0.39, 0.29) is 17.3 Å². The molecule has 1 atom stereocenters. The molecule has 0 radical (unpaired) electrons. The van der Waals surface area contributed by atoms with Gasteiger partial charge in [-0.15, -0.1) is 0 Å². The maximum atomic E-state index is 12.5. The molecular formula is C22H27N3O5. The fourth-order valence-corrected chi connectivity index (χ4v) is 2.92. The molecule has 0 saturated heterocycles. The number of hydrogen-bond donors (Lipinski definition) is 3. The number of benzene rings is 2. The van der Waals surface area contributed by atoms with Crippen molar-refractivity contribution in [1.29, 1.82) is 0 Å². The van der Waals surface area contributed by atoms with E-state index in [1.54, 1.807) is 24.3 Å². The number of nitrogens with zero attached hydrogens (tertiary/aromatic N) is 1. The molecule has 0 spiro atoms. The molecule has 1 unspecified atom stereocenters. The number of carbonyl (C=O) groups excluding carboxylic acids is 2. The summed E-state index contributed by atoms with van der Waals surface area (Å²) in [5.74, 6) is -1.52. The fraction of sp³-hybridized carbons (Fsp3) is 0.318. The lowest BCUT2D eigenvalue weighted by molar-refractivity contribution is 0.0599. The maximum absolute atomic E-state index is 12.5. The third-order valence-corrected chi connectivity index (χ3v) is 4.68. The summed E-state index contributed by atoms with van der Waals surface area (Å²) < 4.78 is 4.69. The van der Waals surface area contributed by atoms with Gasteiger partial charge in [0.1, 0.15) is 0 Å². The van der Waals surface area contributed by atoms with Gasteiger partial charge >= 0.3 is 18.0 Å². The highest BCUT2D eigenvalue weighted by Crippen LogP contribution is 2.23. The normalized spacial score (nSPS) is 11.3. The van der Waals surface area contributed by atoms with Crippen molar-refractivity contribution in [1.82, 2.24) is 5.32 Å². The Hall–Kier alpha value is -3.55. The van der Waals surface area contributed by atoms with Crippen LogP contribution < -0.4 is 15.5 Å². The van der Waals surface area contributed by atoms with E-state index in [0.717, 1.165) is 11.3 Å². The number of aromatic carboxylic acids is 1. The average molecular weight is 413 g/mol. The first-order valence-electron chi connectivity index (χ1n) is 9.54. The third-order valence-electron chi connectivity index (χ3n) is 4.68. The molecule has 0 aromatic heterocycles. The molecule has 8 heteroatoms. The Bertz CT molecular complexity index is 909. The van der Waals surface area contributed by atoms with Crippen LogP contribution in [0.5, 0.6) is 0 Å². The maximum Gasteiger partial charge on any atom is 0.337 e. The smallest absolute Gasteiger partial charge is 0.337 e. The summed E-state index contributed by atoms with van der Waals surface area (Å²) >= 11 is 0. The number of carboxylic acids is 1. The number of hydrogen-bond acceptors (Lipinski definition) is 5. The standard InChI is InChI=1S/C22H27N3O5/c1-5-16(12-14-6-8-15(9-7-14)21(28)30-4)23-22(29)24-19-13-17(25(2)3)10-11-18(19)20(26)27/h6-11,13,16H,5,12H2,1-4H3,(H,26,27)(H2,23,24,29). The Balaban J connectivity index is 2.08. The van der Waals surface area contributed by atoms with Crippen LogP contribution in [0.25, 0.3) is 0 Å². The molecule has 160 valence electrons. The molecular weight excluding hydrogens is 386 g/mol. The predicted molar refractivity (Wildman–Crippen MR) is 115 cm³/mol. The molecule has 0 aliphatic carbocycles. The van der Waals surface area contributed by atoms with Gasteiger partial charge in [-0.25, -0.2) is 14.4 Å². The Morgan fingerprint density at radius 2 is 1.77 bits per heavy atom. The quantitative estimate of drug-likeness (QED) is 0.573. The Morgan fingerprint density at radius 1 is 1.10 bits per heavy atom. The summed E-state index contributed by atoms with van der Waals surface area (Å²) in [5.41, 5.74) is 2.43. The van der Waals surface area contributed by atoms with Crippen molar-refractivity contribution < 1.29 is 24.2 Å². The molecule has 0 bridgehead atoms. The number of carboxylic acid groups (broad SMARTS) is 1. The van der Waals surface area contributed by atoms with E-state index in [2.05, 4.69) is 15.4 Å². The SMILES string of the molecule is CCC(Cc1ccc(C(=O)OC)cc1)NC(=O)Nc1cc(N(C)C)ccc1C(=O)O.